The van der Waals surface area contributed by atoms with E-state index in [4.69, 9.17) is 0 Å². The zero-order chi connectivity index (χ0) is 20.8. The molecule has 7 heteroatoms. The van der Waals surface area contributed by atoms with E-state index in [1.165, 1.54) is 32.0 Å². The smallest absolute Gasteiger partial charge is 0.387 e. The third kappa shape index (κ3) is 6.34. The summed E-state index contributed by atoms with van der Waals surface area (Å²) in [6, 6.07) is 10.7. The molecular formula is C21H19BrF2O4. The van der Waals surface area contributed by atoms with Crippen LogP contribution in [0, 0.1) is 0 Å². The van der Waals surface area contributed by atoms with E-state index in [9.17, 15) is 23.2 Å². The number of ketones is 3. The number of ether oxygens (including phenoxy) is 1. The van der Waals surface area contributed by atoms with Gasteiger partial charge in [0.05, 0.1) is 0 Å². The molecule has 4 nitrogen and oxygen atoms in total. The van der Waals surface area contributed by atoms with Gasteiger partial charge in [0.1, 0.15) is 11.5 Å². The molecule has 1 aliphatic rings. The number of alkyl halides is 2. The van der Waals surface area contributed by atoms with E-state index in [1.54, 1.807) is 24.3 Å². The zero-order valence-corrected chi connectivity index (χ0v) is 17.0. The SMILES string of the molecule is CC(C)=O.O=C(C(=O)c1ccc(OC(F)F)c(C2CC2)c1)c1cccc(Br)c1. The number of hydrogen-bond acceptors (Lipinski definition) is 4. The van der Waals surface area contributed by atoms with Crippen molar-refractivity contribution < 1.29 is 27.9 Å². The Kier molecular flexibility index (Phi) is 7.57. The lowest BCUT2D eigenvalue weighted by atomic mass is 9.98. The third-order valence-electron chi connectivity index (χ3n) is 3.80. The standard InChI is InChI=1S/C18H13BrF2O3.C3H6O/c19-13-3-1-2-11(8-13)16(22)17(23)12-6-7-15(24-18(20)21)14(9-12)10-4-5-10;1-3(2)4/h1-3,6-10,18H,4-5H2;1-2H3. The highest BCUT2D eigenvalue weighted by molar-refractivity contribution is 9.10. The van der Waals surface area contributed by atoms with Gasteiger partial charge in [-0.05, 0) is 68.5 Å². The zero-order valence-electron chi connectivity index (χ0n) is 15.4. The molecule has 1 fully saturated rings. The molecule has 1 saturated carbocycles. The van der Waals surface area contributed by atoms with Gasteiger partial charge in [-0.25, -0.2) is 0 Å². The van der Waals surface area contributed by atoms with Crippen molar-refractivity contribution in [2.75, 3.05) is 0 Å². The second-order valence-corrected chi connectivity index (χ2v) is 7.40. The van der Waals surface area contributed by atoms with Gasteiger partial charge in [0, 0.05) is 15.6 Å². The largest absolute Gasteiger partial charge is 0.435 e. The molecule has 1 aliphatic carbocycles. The van der Waals surface area contributed by atoms with Crippen LogP contribution in [0.4, 0.5) is 8.78 Å². The number of halogens is 3. The molecule has 2 aromatic carbocycles. The molecule has 0 radical (unpaired) electrons. The minimum Gasteiger partial charge on any atom is -0.435 e. The first-order valence-electron chi connectivity index (χ1n) is 8.59. The fourth-order valence-electron chi connectivity index (χ4n) is 2.50. The van der Waals surface area contributed by atoms with E-state index >= 15 is 0 Å². The molecule has 0 spiro atoms. The molecule has 0 amide bonds. The molecule has 28 heavy (non-hydrogen) atoms. The lowest BCUT2D eigenvalue weighted by molar-refractivity contribution is -0.115. The summed E-state index contributed by atoms with van der Waals surface area (Å²) < 4.78 is 30.2. The summed E-state index contributed by atoms with van der Waals surface area (Å²) in [4.78, 5) is 34.2. The van der Waals surface area contributed by atoms with Gasteiger partial charge in [-0.1, -0.05) is 28.1 Å². The molecule has 148 valence electrons. The van der Waals surface area contributed by atoms with E-state index in [0.717, 1.165) is 12.8 Å². The van der Waals surface area contributed by atoms with Crippen LogP contribution >= 0.6 is 15.9 Å². The molecule has 0 bridgehead atoms. The first-order valence-corrected chi connectivity index (χ1v) is 9.39. The molecular weight excluding hydrogens is 434 g/mol. The monoisotopic (exact) mass is 452 g/mol. The van der Waals surface area contributed by atoms with Gasteiger partial charge in [0.15, 0.2) is 0 Å². The molecule has 0 N–H and O–H groups in total. The Morgan fingerprint density at radius 3 is 2.07 bits per heavy atom. The summed E-state index contributed by atoms with van der Waals surface area (Å²) >= 11 is 3.26. The average molecular weight is 453 g/mol. The highest BCUT2D eigenvalue weighted by Gasteiger charge is 2.29. The maximum Gasteiger partial charge on any atom is 0.387 e. The summed E-state index contributed by atoms with van der Waals surface area (Å²) in [5, 5.41) is 0. The summed E-state index contributed by atoms with van der Waals surface area (Å²) in [5.74, 6) is -0.967. The Morgan fingerprint density at radius 2 is 1.57 bits per heavy atom. The molecule has 0 unspecified atom stereocenters. The molecule has 2 aromatic rings. The average Bonchev–Trinajstić information content (AvgIpc) is 3.45. The Balaban J connectivity index is 0.000000640. The van der Waals surface area contributed by atoms with Crippen molar-refractivity contribution in [3.8, 4) is 5.75 Å². The second kappa shape index (κ2) is 9.68. The number of rotatable bonds is 6. The number of carbonyl (C=O) groups is 3. The third-order valence-corrected chi connectivity index (χ3v) is 4.29. The number of Topliss-reactive ketones (excluding diaryl/α,β-unsaturated/α-hetero) is 3. The Labute approximate surface area is 170 Å². The van der Waals surface area contributed by atoms with Crippen LogP contribution in [-0.2, 0) is 4.79 Å². The van der Waals surface area contributed by atoms with Crippen LogP contribution < -0.4 is 4.74 Å². The van der Waals surface area contributed by atoms with Crippen molar-refractivity contribution >= 4 is 33.3 Å². The number of benzene rings is 2. The normalized spacial score (nSPS) is 12.8. The Bertz CT molecular complexity index is 888. The minimum absolute atomic E-state index is 0.0685. The van der Waals surface area contributed by atoms with Crippen LogP contribution in [0.5, 0.6) is 5.75 Å². The van der Waals surface area contributed by atoms with Crippen LogP contribution in [0.15, 0.2) is 46.9 Å². The maximum absolute atomic E-state index is 12.5. The summed E-state index contributed by atoms with van der Waals surface area (Å²) in [5.41, 5.74) is 1.02. The molecule has 0 aliphatic heterocycles. The number of carbonyl (C=O) groups excluding carboxylic acids is 3. The lowest BCUT2D eigenvalue weighted by Gasteiger charge is -2.11. The van der Waals surface area contributed by atoms with Gasteiger partial charge in [0.2, 0.25) is 11.6 Å². The van der Waals surface area contributed by atoms with Crippen LogP contribution in [-0.4, -0.2) is 24.0 Å². The van der Waals surface area contributed by atoms with Gasteiger partial charge in [-0.3, -0.25) is 9.59 Å². The first-order chi connectivity index (χ1) is 13.2. The van der Waals surface area contributed by atoms with Crippen LogP contribution in [0.1, 0.15) is 58.9 Å². The second-order valence-electron chi connectivity index (χ2n) is 6.48. The van der Waals surface area contributed by atoms with Gasteiger partial charge >= 0.3 is 6.61 Å². The van der Waals surface area contributed by atoms with Crippen molar-refractivity contribution in [3.63, 3.8) is 0 Å². The van der Waals surface area contributed by atoms with Gasteiger partial charge in [-0.15, -0.1) is 0 Å². The van der Waals surface area contributed by atoms with Crippen LogP contribution in [0.3, 0.4) is 0 Å². The molecule has 0 heterocycles. The topological polar surface area (TPSA) is 60.4 Å². The molecule has 0 atom stereocenters. The lowest BCUT2D eigenvalue weighted by Crippen LogP contribution is -2.15. The van der Waals surface area contributed by atoms with Crippen molar-refractivity contribution in [2.45, 2.75) is 39.2 Å². The quantitative estimate of drug-likeness (QED) is 0.423. The summed E-state index contributed by atoms with van der Waals surface area (Å²) in [6.45, 7) is 0.132. The number of hydrogen-bond donors (Lipinski definition) is 0. The van der Waals surface area contributed by atoms with Crippen molar-refractivity contribution in [1.29, 1.82) is 0 Å². The predicted molar refractivity (Wildman–Crippen MR) is 104 cm³/mol. The molecule has 0 saturated heterocycles. The van der Waals surface area contributed by atoms with Gasteiger partial charge in [0.25, 0.3) is 0 Å². The molecule has 0 aromatic heterocycles. The van der Waals surface area contributed by atoms with Crippen LogP contribution in [0.25, 0.3) is 0 Å². The van der Waals surface area contributed by atoms with Crippen LogP contribution in [0.2, 0.25) is 0 Å². The van der Waals surface area contributed by atoms with E-state index < -0.39 is 18.2 Å². The highest BCUT2D eigenvalue weighted by atomic mass is 79.9. The first kappa shape index (κ1) is 21.9. The van der Waals surface area contributed by atoms with Gasteiger partial charge < -0.3 is 9.53 Å². The Hall–Kier alpha value is -2.41. The highest BCUT2D eigenvalue weighted by Crippen LogP contribution is 2.45. The maximum atomic E-state index is 12.5. The Morgan fingerprint density at radius 1 is 1.00 bits per heavy atom. The minimum atomic E-state index is -2.92. The predicted octanol–water partition coefficient (Wildman–Crippen LogP) is 5.59. The van der Waals surface area contributed by atoms with Crippen molar-refractivity contribution in [2.24, 2.45) is 0 Å². The van der Waals surface area contributed by atoms with E-state index in [-0.39, 0.29) is 28.6 Å². The van der Waals surface area contributed by atoms with Crippen molar-refractivity contribution in [3.05, 3.63) is 63.6 Å². The van der Waals surface area contributed by atoms with E-state index in [1.807, 2.05) is 0 Å². The summed E-state index contributed by atoms with van der Waals surface area (Å²) in [7, 11) is 0. The fraction of sp³-hybridized carbons (Fsp3) is 0.286. The van der Waals surface area contributed by atoms with E-state index in [0.29, 0.717) is 10.0 Å². The van der Waals surface area contributed by atoms with Crippen molar-refractivity contribution in [1.82, 2.24) is 0 Å². The molecule has 3 rings (SSSR count). The fourth-order valence-corrected chi connectivity index (χ4v) is 2.90. The summed E-state index contributed by atoms with van der Waals surface area (Å²) in [6.07, 6.45) is 1.72. The van der Waals surface area contributed by atoms with E-state index in [2.05, 4.69) is 20.7 Å². The van der Waals surface area contributed by atoms with Gasteiger partial charge in [-0.2, -0.15) is 8.78 Å².